The zero-order valence-electron chi connectivity index (χ0n) is 5.93. The number of hydrogen-bond donors (Lipinski definition) is 1. The number of fused-ring (bicyclic) bond motifs is 1. The molecular formula is C8H8ClNO. The standard InChI is InChI=1S/C8H8ClNO/c9-5-1-2-7-8(5)6(10)3-4-11-7/h1-2H,3-4,10H2. The van der Waals surface area contributed by atoms with Gasteiger partial charge in [-0.1, -0.05) is 11.6 Å². The Morgan fingerprint density at radius 2 is 2.27 bits per heavy atom. The predicted molar refractivity (Wildman–Crippen MR) is 43.8 cm³/mol. The van der Waals surface area contributed by atoms with Crippen molar-refractivity contribution in [1.82, 2.24) is 0 Å². The average Bonchev–Trinajstić information content (AvgIpc) is 2.34. The molecule has 0 saturated carbocycles. The molecule has 0 unspecified atom stereocenters. The number of ether oxygens (including phenoxy) is 1. The van der Waals surface area contributed by atoms with E-state index in [0.29, 0.717) is 11.6 Å². The van der Waals surface area contributed by atoms with E-state index in [1.807, 2.05) is 12.2 Å². The van der Waals surface area contributed by atoms with Crippen LogP contribution in [0.5, 0.6) is 0 Å². The molecule has 3 heteroatoms. The van der Waals surface area contributed by atoms with Crippen molar-refractivity contribution in [2.24, 2.45) is 5.73 Å². The quantitative estimate of drug-likeness (QED) is 0.599. The SMILES string of the molecule is NC1=C2C(Cl)=CC=C2OCC1. The lowest BCUT2D eigenvalue weighted by molar-refractivity contribution is 0.214. The van der Waals surface area contributed by atoms with Gasteiger partial charge >= 0.3 is 0 Å². The van der Waals surface area contributed by atoms with Crippen LogP contribution in [-0.4, -0.2) is 6.61 Å². The van der Waals surface area contributed by atoms with Gasteiger partial charge in [0.05, 0.1) is 17.2 Å². The molecule has 0 aromatic carbocycles. The van der Waals surface area contributed by atoms with Crippen LogP contribution in [0, 0.1) is 0 Å². The van der Waals surface area contributed by atoms with Gasteiger partial charge in [0.25, 0.3) is 0 Å². The third-order valence-corrected chi connectivity index (χ3v) is 2.13. The molecule has 58 valence electrons. The normalized spacial score (nSPS) is 22.3. The fourth-order valence-corrected chi connectivity index (χ4v) is 1.54. The maximum atomic E-state index is 5.87. The molecule has 2 rings (SSSR count). The van der Waals surface area contributed by atoms with Crippen LogP contribution >= 0.6 is 11.6 Å². The van der Waals surface area contributed by atoms with Gasteiger partial charge in [0.2, 0.25) is 0 Å². The second kappa shape index (κ2) is 2.31. The van der Waals surface area contributed by atoms with Crippen LogP contribution in [0.4, 0.5) is 0 Å². The van der Waals surface area contributed by atoms with E-state index in [1.165, 1.54) is 0 Å². The number of nitrogens with two attached hydrogens (primary N) is 1. The summed E-state index contributed by atoms with van der Waals surface area (Å²) in [6.07, 6.45) is 4.44. The summed E-state index contributed by atoms with van der Waals surface area (Å²) in [6, 6.07) is 0. The summed E-state index contributed by atoms with van der Waals surface area (Å²) in [4.78, 5) is 0. The fourth-order valence-electron chi connectivity index (χ4n) is 1.26. The van der Waals surface area contributed by atoms with Crippen molar-refractivity contribution in [1.29, 1.82) is 0 Å². The maximum Gasteiger partial charge on any atom is 0.129 e. The first-order valence-electron chi connectivity index (χ1n) is 3.48. The Balaban J connectivity index is 2.48. The minimum Gasteiger partial charge on any atom is -0.492 e. The summed E-state index contributed by atoms with van der Waals surface area (Å²) >= 11 is 5.87. The van der Waals surface area contributed by atoms with Crippen LogP contribution in [0.2, 0.25) is 0 Å². The van der Waals surface area contributed by atoms with Crippen LogP contribution in [0.1, 0.15) is 6.42 Å². The molecule has 0 aromatic heterocycles. The molecule has 1 aliphatic heterocycles. The van der Waals surface area contributed by atoms with Gasteiger partial charge in [-0.05, 0) is 12.2 Å². The second-order valence-electron chi connectivity index (χ2n) is 2.54. The van der Waals surface area contributed by atoms with Gasteiger partial charge in [-0.3, -0.25) is 0 Å². The van der Waals surface area contributed by atoms with Gasteiger partial charge in [0, 0.05) is 12.1 Å². The Labute approximate surface area is 70.0 Å². The third-order valence-electron chi connectivity index (χ3n) is 1.82. The van der Waals surface area contributed by atoms with Gasteiger partial charge in [-0.25, -0.2) is 0 Å². The van der Waals surface area contributed by atoms with Gasteiger partial charge in [0.15, 0.2) is 0 Å². The first-order valence-corrected chi connectivity index (χ1v) is 3.86. The van der Waals surface area contributed by atoms with E-state index in [1.54, 1.807) is 0 Å². The molecule has 0 amide bonds. The number of hydrogen-bond acceptors (Lipinski definition) is 2. The van der Waals surface area contributed by atoms with Crippen molar-refractivity contribution in [3.05, 3.63) is 34.2 Å². The highest BCUT2D eigenvalue weighted by molar-refractivity contribution is 6.33. The van der Waals surface area contributed by atoms with E-state index in [9.17, 15) is 0 Å². The lowest BCUT2D eigenvalue weighted by Gasteiger charge is -2.18. The molecule has 0 aromatic rings. The zero-order valence-corrected chi connectivity index (χ0v) is 6.69. The summed E-state index contributed by atoms with van der Waals surface area (Å²) < 4.78 is 5.33. The lowest BCUT2D eigenvalue weighted by atomic mass is 10.1. The smallest absolute Gasteiger partial charge is 0.129 e. The van der Waals surface area contributed by atoms with Crippen molar-refractivity contribution < 1.29 is 4.74 Å². The van der Waals surface area contributed by atoms with Crippen LogP contribution in [0.25, 0.3) is 0 Å². The highest BCUT2D eigenvalue weighted by atomic mass is 35.5. The Morgan fingerprint density at radius 3 is 3.00 bits per heavy atom. The Hall–Kier alpha value is -0.890. The summed E-state index contributed by atoms with van der Waals surface area (Å²) in [7, 11) is 0. The highest BCUT2D eigenvalue weighted by Gasteiger charge is 2.22. The van der Waals surface area contributed by atoms with Crippen LogP contribution in [0.3, 0.4) is 0 Å². The zero-order chi connectivity index (χ0) is 7.84. The lowest BCUT2D eigenvalue weighted by Crippen LogP contribution is -2.13. The van der Waals surface area contributed by atoms with Crippen LogP contribution in [-0.2, 0) is 4.74 Å². The molecule has 0 saturated heterocycles. The summed E-state index contributed by atoms with van der Waals surface area (Å²) in [5, 5.41) is 0.692. The van der Waals surface area contributed by atoms with Gasteiger partial charge in [-0.15, -0.1) is 0 Å². The van der Waals surface area contributed by atoms with Crippen molar-refractivity contribution in [3.8, 4) is 0 Å². The average molecular weight is 170 g/mol. The van der Waals surface area contributed by atoms with E-state index in [4.69, 9.17) is 22.1 Å². The van der Waals surface area contributed by atoms with Gasteiger partial charge in [0.1, 0.15) is 5.76 Å². The highest BCUT2D eigenvalue weighted by Crippen LogP contribution is 2.34. The maximum absolute atomic E-state index is 5.87. The van der Waals surface area contributed by atoms with E-state index in [-0.39, 0.29) is 0 Å². The largest absolute Gasteiger partial charge is 0.492 e. The van der Waals surface area contributed by atoms with Gasteiger partial charge in [-0.2, -0.15) is 0 Å². The van der Waals surface area contributed by atoms with Crippen LogP contribution in [0.15, 0.2) is 34.2 Å². The predicted octanol–water partition coefficient (Wildman–Crippen LogP) is 1.64. The minimum atomic E-state index is 0.666. The Morgan fingerprint density at radius 1 is 1.45 bits per heavy atom. The van der Waals surface area contributed by atoms with E-state index < -0.39 is 0 Å². The van der Waals surface area contributed by atoms with Crippen molar-refractivity contribution in [2.75, 3.05) is 6.61 Å². The first kappa shape index (κ1) is 6.80. The summed E-state index contributed by atoms with van der Waals surface area (Å²) in [5.74, 6) is 0.818. The molecule has 0 radical (unpaired) electrons. The monoisotopic (exact) mass is 169 g/mol. The topological polar surface area (TPSA) is 35.2 Å². The van der Waals surface area contributed by atoms with E-state index >= 15 is 0 Å². The molecule has 11 heavy (non-hydrogen) atoms. The molecule has 2 nitrogen and oxygen atoms in total. The van der Waals surface area contributed by atoms with Crippen molar-refractivity contribution >= 4 is 11.6 Å². The Kier molecular flexibility index (Phi) is 1.43. The number of allylic oxidation sites excluding steroid dienone is 3. The fraction of sp³-hybridized carbons (Fsp3) is 0.250. The molecule has 1 aliphatic carbocycles. The molecule has 0 spiro atoms. The molecule has 0 bridgehead atoms. The van der Waals surface area contributed by atoms with Crippen LogP contribution < -0.4 is 5.73 Å². The number of halogens is 1. The van der Waals surface area contributed by atoms with E-state index in [0.717, 1.165) is 23.5 Å². The molecule has 2 aliphatic rings. The van der Waals surface area contributed by atoms with Crippen molar-refractivity contribution in [2.45, 2.75) is 6.42 Å². The van der Waals surface area contributed by atoms with Crippen molar-refractivity contribution in [3.63, 3.8) is 0 Å². The third kappa shape index (κ3) is 0.942. The summed E-state index contributed by atoms with van der Waals surface area (Å²) in [5.41, 5.74) is 7.47. The molecular weight excluding hydrogens is 162 g/mol. The molecule has 2 N–H and O–H groups in total. The number of rotatable bonds is 0. The second-order valence-corrected chi connectivity index (χ2v) is 2.95. The summed E-state index contributed by atoms with van der Waals surface area (Å²) in [6.45, 7) is 0.666. The molecule has 0 fully saturated rings. The molecule has 0 atom stereocenters. The molecule has 1 heterocycles. The first-order chi connectivity index (χ1) is 5.29. The van der Waals surface area contributed by atoms with Gasteiger partial charge < -0.3 is 10.5 Å². The Bertz CT molecular complexity index is 288. The minimum absolute atomic E-state index is 0.666. The van der Waals surface area contributed by atoms with E-state index in [2.05, 4.69) is 0 Å².